The van der Waals surface area contributed by atoms with Crippen LogP contribution in [0.2, 0.25) is 0 Å². The molecule has 0 radical (unpaired) electrons. The summed E-state index contributed by atoms with van der Waals surface area (Å²) in [5.41, 5.74) is 0.709. The van der Waals surface area contributed by atoms with Gasteiger partial charge in [-0.2, -0.15) is 0 Å². The molecule has 4 rings (SSSR count). The minimum Gasteiger partial charge on any atom is -0.342 e. The molecule has 29 heavy (non-hydrogen) atoms. The first-order chi connectivity index (χ1) is 13.8. The molecule has 0 N–H and O–H groups in total. The van der Waals surface area contributed by atoms with Gasteiger partial charge in [0.2, 0.25) is 11.8 Å². The van der Waals surface area contributed by atoms with E-state index in [2.05, 4.69) is 23.1 Å². The first kappa shape index (κ1) is 20.3. The van der Waals surface area contributed by atoms with Crippen molar-refractivity contribution in [3.63, 3.8) is 0 Å². The number of carbonyl (C=O) groups is 2. The average molecular weight is 414 g/mol. The summed E-state index contributed by atoms with van der Waals surface area (Å²) in [4.78, 5) is 34.5. The molecule has 0 bridgehead atoms. The summed E-state index contributed by atoms with van der Waals surface area (Å²) in [6, 6.07) is 8.26. The molecular weight excluding hydrogens is 382 g/mol. The Morgan fingerprint density at radius 3 is 2.45 bits per heavy atom. The first-order valence-electron chi connectivity index (χ1n) is 10.8. The minimum atomic E-state index is -0.353. The molecule has 0 saturated carbocycles. The van der Waals surface area contributed by atoms with Crippen molar-refractivity contribution in [2.24, 2.45) is 11.3 Å². The topological polar surface area (TPSA) is 53.5 Å². The first-order valence-corrected chi connectivity index (χ1v) is 11.6. The number of hydrogen-bond donors (Lipinski definition) is 0. The highest BCUT2D eigenvalue weighted by Gasteiger charge is 2.35. The zero-order chi connectivity index (χ0) is 20.6. The highest BCUT2D eigenvalue weighted by atomic mass is 32.1. The number of aromatic nitrogens is 1. The monoisotopic (exact) mass is 413 g/mol. The van der Waals surface area contributed by atoms with Gasteiger partial charge in [0.1, 0.15) is 0 Å². The maximum absolute atomic E-state index is 13.2. The van der Waals surface area contributed by atoms with Crippen molar-refractivity contribution in [2.75, 3.05) is 26.2 Å². The van der Waals surface area contributed by atoms with Gasteiger partial charge in [-0.1, -0.05) is 32.9 Å². The van der Waals surface area contributed by atoms with Gasteiger partial charge in [-0.15, -0.1) is 11.3 Å². The predicted octanol–water partition coefficient (Wildman–Crippen LogP) is 4.29. The van der Waals surface area contributed by atoms with Gasteiger partial charge >= 0.3 is 0 Å². The van der Waals surface area contributed by atoms with Crippen LogP contribution in [0, 0.1) is 11.3 Å². The smallest absolute Gasteiger partial charge is 0.227 e. The molecule has 2 aliphatic rings. The number of benzene rings is 1. The lowest BCUT2D eigenvalue weighted by Gasteiger charge is -2.38. The lowest BCUT2D eigenvalue weighted by Crippen LogP contribution is -2.48. The molecule has 6 heteroatoms. The molecule has 3 heterocycles. The Morgan fingerprint density at radius 1 is 1.03 bits per heavy atom. The second-order valence-electron chi connectivity index (χ2n) is 9.46. The molecular formula is C23H31N3O2S. The molecule has 2 fully saturated rings. The lowest BCUT2D eigenvalue weighted by molar-refractivity contribution is -0.145. The molecule has 2 saturated heterocycles. The van der Waals surface area contributed by atoms with Crippen LogP contribution in [0.1, 0.15) is 57.4 Å². The van der Waals surface area contributed by atoms with Gasteiger partial charge < -0.3 is 9.80 Å². The van der Waals surface area contributed by atoms with Crippen molar-refractivity contribution in [1.29, 1.82) is 0 Å². The fourth-order valence-corrected chi connectivity index (χ4v) is 5.60. The number of para-hydroxylation sites is 1. The van der Waals surface area contributed by atoms with Crippen molar-refractivity contribution < 1.29 is 9.59 Å². The average Bonchev–Trinajstić information content (AvgIpc) is 3.16. The van der Waals surface area contributed by atoms with Gasteiger partial charge in [0.05, 0.1) is 15.2 Å². The van der Waals surface area contributed by atoms with E-state index in [0.29, 0.717) is 19.0 Å². The maximum atomic E-state index is 13.2. The normalized spacial score (nSPS) is 21.6. The van der Waals surface area contributed by atoms with Gasteiger partial charge in [-0.3, -0.25) is 9.59 Å². The number of likely N-dealkylation sites (tertiary alicyclic amines) is 2. The van der Waals surface area contributed by atoms with Crippen LogP contribution in [0.15, 0.2) is 24.3 Å². The van der Waals surface area contributed by atoms with E-state index < -0.39 is 0 Å². The Balaban J connectivity index is 1.37. The highest BCUT2D eigenvalue weighted by Crippen LogP contribution is 2.34. The Bertz CT molecular complexity index is 860. The van der Waals surface area contributed by atoms with Crippen LogP contribution in [0.4, 0.5) is 0 Å². The number of fused-ring (bicyclic) bond motifs is 1. The van der Waals surface area contributed by atoms with E-state index in [-0.39, 0.29) is 23.1 Å². The highest BCUT2D eigenvalue weighted by molar-refractivity contribution is 7.18. The summed E-state index contributed by atoms with van der Waals surface area (Å²) in [5, 5.41) is 1.16. The quantitative estimate of drug-likeness (QED) is 0.738. The van der Waals surface area contributed by atoms with E-state index in [4.69, 9.17) is 4.98 Å². The summed E-state index contributed by atoms with van der Waals surface area (Å²) in [7, 11) is 0. The predicted molar refractivity (Wildman–Crippen MR) is 117 cm³/mol. The van der Waals surface area contributed by atoms with E-state index in [1.54, 1.807) is 11.3 Å². The second-order valence-corrected chi connectivity index (χ2v) is 10.5. The van der Waals surface area contributed by atoms with Crippen molar-refractivity contribution in [3.05, 3.63) is 29.3 Å². The summed E-state index contributed by atoms with van der Waals surface area (Å²) in [6.45, 7) is 8.90. The number of nitrogens with zero attached hydrogens (tertiary/aromatic N) is 3. The van der Waals surface area contributed by atoms with Crippen molar-refractivity contribution in [3.8, 4) is 0 Å². The molecule has 0 unspecified atom stereocenters. The van der Waals surface area contributed by atoms with Crippen LogP contribution in [0.3, 0.4) is 0 Å². The van der Waals surface area contributed by atoms with E-state index in [1.807, 2.05) is 31.7 Å². The Morgan fingerprint density at radius 2 is 1.76 bits per heavy atom. The number of hydrogen-bond acceptors (Lipinski definition) is 4. The van der Waals surface area contributed by atoms with Crippen molar-refractivity contribution in [1.82, 2.24) is 14.8 Å². The lowest BCUT2D eigenvalue weighted by atomic mass is 9.89. The minimum absolute atomic E-state index is 0.0492. The third kappa shape index (κ3) is 4.32. The largest absolute Gasteiger partial charge is 0.342 e. The summed E-state index contributed by atoms with van der Waals surface area (Å²) in [6.07, 6.45) is 3.70. The van der Waals surface area contributed by atoms with E-state index in [9.17, 15) is 9.59 Å². The number of carbonyl (C=O) groups excluding carboxylic acids is 2. The third-order valence-corrected chi connectivity index (χ3v) is 7.36. The standard InChI is InChI=1S/C23H31N3O2S/c1-23(2,3)22(28)25-13-10-16(11-14-25)21(27)26-12-6-7-17(15-26)20-24-18-8-4-5-9-19(18)29-20/h4-5,8-9,16-17H,6-7,10-15H2,1-3H3/t17-/m0/s1. The molecule has 5 nitrogen and oxygen atoms in total. The Kier molecular flexibility index (Phi) is 5.65. The zero-order valence-electron chi connectivity index (χ0n) is 17.7. The van der Waals surface area contributed by atoms with E-state index >= 15 is 0 Å². The SMILES string of the molecule is CC(C)(C)C(=O)N1CCC(C(=O)N2CCC[C@H](c3nc4ccccc4s3)C2)CC1. The van der Waals surface area contributed by atoms with Crippen LogP contribution in [-0.4, -0.2) is 52.8 Å². The van der Waals surface area contributed by atoms with Crippen LogP contribution in [-0.2, 0) is 9.59 Å². The van der Waals surface area contributed by atoms with E-state index in [0.717, 1.165) is 49.3 Å². The van der Waals surface area contributed by atoms with Gasteiger partial charge in [-0.05, 0) is 37.8 Å². The van der Waals surface area contributed by atoms with Crippen LogP contribution in [0.25, 0.3) is 10.2 Å². The summed E-state index contributed by atoms with van der Waals surface area (Å²) >= 11 is 1.77. The molecule has 2 aromatic rings. The number of rotatable bonds is 2. The number of piperidine rings is 2. The molecule has 156 valence electrons. The Labute approximate surface area is 177 Å². The van der Waals surface area contributed by atoms with Gasteiger partial charge in [0.15, 0.2) is 0 Å². The fourth-order valence-electron chi connectivity index (χ4n) is 4.51. The molecule has 2 amide bonds. The second kappa shape index (κ2) is 8.05. The number of thiazole rings is 1. The third-order valence-electron chi connectivity index (χ3n) is 6.17. The molecule has 1 atom stereocenters. The number of amides is 2. The molecule has 2 aliphatic heterocycles. The van der Waals surface area contributed by atoms with Crippen LogP contribution >= 0.6 is 11.3 Å². The van der Waals surface area contributed by atoms with Crippen molar-refractivity contribution in [2.45, 2.75) is 52.4 Å². The molecule has 1 aromatic heterocycles. The Hall–Kier alpha value is -1.95. The van der Waals surface area contributed by atoms with Gasteiger partial charge in [0, 0.05) is 43.4 Å². The summed E-state index contributed by atoms with van der Waals surface area (Å²) < 4.78 is 1.22. The van der Waals surface area contributed by atoms with Gasteiger partial charge in [-0.25, -0.2) is 4.98 Å². The van der Waals surface area contributed by atoms with Crippen LogP contribution in [0.5, 0.6) is 0 Å². The summed E-state index contributed by atoms with van der Waals surface area (Å²) in [5.74, 6) is 0.858. The molecule has 0 spiro atoms. The zero-order valence-corrected chi connectivity index (χ0v) is 18.5. The van der Waals surface area contributed by atoms with E-state index in [1.165, 1.54) is 4.70 Å². The molecule has 0 aliphatic carbocycles. The molecule has 1 aromatic carbocycles. The maximum Gasteiger partial charge on any atom is 0.227 e. The van der Waals surface area contributed by atoms with Gasteiger partial charge in [0.25, 0.3) is 0 Å². The van der Waals surface area contributed by atoms with Crippen LogP contribution < -0.4 is 0 Å². The fraction of sp³-hybridized carbons (Fsp3) is 0.609. The van der Waals surface area contributed by atoms with Crippen molar-refractivity contribution >= 4 is 33.4 Å².